The number of hydrogen-bond acceptors (Lipinski definition) is 4. The zero-order valence-corrected chi connectivity index (χ0v) is 16.0. The van der Waals surface area contributed by atoms with Crippen LogP contribution in [0.3, 0.4) is 0 Å². The Bertz CT molecular complexity index is 992. The van der Waals surface area contributed by atoms with Gasteiger partial charge in [0.25, 0.3) is 11.5 Å². The fourth-order valence-corrected chi connectivity index (χ4v) is 3.87. The molecule has 3 aromatic rings. The number of aromatic nitrogens is 2. The number of pyridine rings is 2. The predicted octanol–water partition coefficient (Wildman–Crippen LogP) is 3.79. The molecule has 0 atom stereocenters. The van der Waals surface area contributed by atoms with Gasteiger partial charge in [0.2, 0.25) is 0 Å². The van der Waals surface area contributed by atoms with Gasteiger partial charge in [-0.25, -0.2) is 0 Å². The molecule has 0 saturated heterocycles. The summed E-state index contributed by atoms with van der Waals surface area (Å²) >= 11 is 1.60. The first-order valence-electron chi connectivity index (χ1n) is 9.04. The zero-order chi connectivity index (χ0) is 18.8. The monoisotopic (exact) mass is 379 g/mol. The topological polar surface area (TPSA) is 55.2 Å². The number of carbonyl (C=O) groups excluding carboxylic acids is 1. The third-order valence-corrected chi connectivity index (χ3v) is 5.55. The number of thiophene rings is 1. The quantitative estimate of drug-likeness (QED) is 0.655. The molecule has 1 aliphatic rings. The minimum Gasteiger partial charge on any atom is -0.330 e. The van der Waals surface area contributed by atoms with Gasteiger partial charge in [0, 0.05) is 37.7 Å². The summed E-state index contributed by atoms with van der Waals surface area (Å²) in [5.41, 5.74) is 2.83. The largest absolute Gasteiger partial charge is 0.330 e. The van der Waals surface area contributed by atoms with Crippen LogP contribution < -0.4 is 5.56 Å². The second-order valence-electron chi connectivity index (χ2n) is 6.97. The van der Waals surface area contributed by atoms with Crippen LogP contribution in [0.4, 0.5) is 0 Å². The van der Waals surface area contributed by atoms with Crippen LogP contribution in [0.5, 0.6) is 0 Å². The molecule has 0 aromatic carbocycles. The molecule has 0 N–H and O–H groups in total. The summed E-state index contributed by atoms with van der Waals surface area (Å²) in [5, 5.41) is 4.03. The van der Waals surface area contributed by atoms with Gasteiger partial charge in [0.05, 0.1) is 0 Å². The van der Waals surface area contributed by atoms with Crippen molar-refractivity contribution in [2.45, 2.75) is 38.9 Å². The van der Waals surface area contributed by atoms with Crippen LogP contribution in [0.15, 0.2) is 58.4 Å². The van der Waals surface area contributed by atoms with Crippen molar-refractivity contribution in [1.29, 1.82) is 0 Å². The Morgan fingerprint density at radius 3 is 2.74 bits per heavy atom. The van der Waals surface area contributed by atoms with E-state index < -0.39 is 0 Å². The van der Waals surface area contributed by atoms with Gasteiger partial charge in [0.1, 0.15) is 5.56 Å². The molecule has 1 amide bonds. The van der Waals surface area contributed by atoms with Crippen LogP contribution in [0, 0.1) is 6.92 Å². The van der Waals surface area contributed by atoms with Crippen molar-refractivity contribution < 1.29 is 4.79 Å². The molecular weight excluding hydrogens is 358 g/mol. The molecular formula is C21H21N3O2S. The Kier molecular flexibility index (Phi) is 4.90. The lowest BCUT2D eigenvalue weighted by atomic mass is 10.1. The molecule has 0 spiro atoms. The van der Waals surface area contributed by atoms with Gasteiger partial charge in [-0.1, -0.05) is 6.07 Å². The molecule has 1 fully saturated rings. The summed E-state index contributed by atoms with van der Waals surface area (Å²) in [7, 11) is 0. The van der Waals surface area contributed by atoms with Crippen molar-refractivity contribution in [1.82, 2.24) is 14.5 Å². The Balaban J connectivity index is 1.70. The summed E-state index contributed by atoms with van der Waals surface area (Å²) in [6.07, 6.45) is 7.30. The fraction of sp³-hybridized carbons (Fsp3) is 0.286. The maximum Gasteiger partial charge on any atom is 0.263 e. The van der Waals surface area contributed by atoms with Crippen molar-refractivity contribution in [2.75, 3.05) is 0 Å². The highest BCUT2D eigenvalue weighted by molar-refractivity contribution is 7.07. The number of nitrogens with zero attached hydrogens (tertiary/aromatic N) is 3. The second kappa shape index (κ2) is 7.48. The molecule has 1 aliphatic carbocycles. The molecule has 1 saturated carbocycles. The first kappa shape index (κ1) is 17.7. The summed E-state index contributed by atoms with van der Waals surface area (Å²) in [6, 6.07) is 7.93. The highest BCUT2D eigenvalue weighted by atomic mass is 32.1. The first-order valence-corrected chi connectivity index (χ1v) is 9.99. The highest BCUT2D eigenvalue weighted by Gasteiger charge is 2.28. The van der Waals surface area contributed by atoms with Crippen LogP contribution in [0.1, 0.15) is 45.9 Å². The van der Waals surface area contributed by atoms with Gasteiger partial charge in [-0.15, -0.1) is 0 Å². The SMILES string of the molecule is Cc1ccn(C2CC2)c(=O)c1C(=O)N(Cc1cccnc1)Cc1ccsc1. The third kappa shape index (κ3) is 3.85. The van der Waals surface area contributed by atoms with Gasteiger partial charge in [-0.3, -0.25) is 14.6 Å². The van der Waals surface area contributed by atoms with Crippen molar-refractivity contribution >= 4 is 17.2 Å². The van der Waals surface area contributed by atoms with E-state index in [2.05, 4.69) is 4.98 Å². The zero-order valence-electron chi connectivity index (χ0n) is 15.2. The van der Waals surface area contributed by atoms with Crippen molar-refractivity contribution in [3.8, 4) is 0 Å². The summed E-state index contributed by atoms with van der Waals surface area (Å²) < 4.78 is 1.72. The summed E-state index contributed by atoms with van der Waals surface area (Å²) in [6.45, 7) is 2.72. The van der Waals surface area contributed by atoms with Gasteiger partial charge >= 0.3 is 0 Å². The lowest BCUT2D eigenvalue weighted by Gasteiger charge is -2.23. The Morgan fingerprint density at radius 2 is 2.07 bits per heavy atom. The number of amides is 1. The highest BCUT2D eigenvalue weighted by Crippen LogP contribution is 2.33. The van der Waals surface area contributed by atoms with Crippen molar-refractivity contribution in [3.63, 3.8) is 0 Å². The normalized spacial score (nSPS) is 13.5. The average molecular weight is 379 g/mol. The maximum absolute atomic E-state index is 13.4. The van der Waals surface area contributed by atoms with Crippen LogP contribution in [-0.4, -0.2) is 20.4 Å². The van der Waals surface area contributed by atoms with E-state index in [0.717, 1.165) is 29.5 Å². The van der Waals surface area contributed by atoms with Crippen LogP contribution in [-0.2, 0) is 13.1 Å². The number of aryl methyl sites for hydroxylation is 1. The summed E-state index contributed by atoms with van der Waals surface area (Å²) in [4.78, 5) is 32.3. The first-order chi connectivity index (χ1) is 13.1. The minimum absolute atomic E-state index is 0.177. The molecule has 4 rings (SSSR count). The van der Waals surface area contributed by atoms with E-state index in [1.165, 1.54) is 0 Å². The van der Waals surface area contributed by atoms with Gasteiger partial charge in [-0.05, 0) is 65.4 Å². The Labute approximate surface area is 161 Å². The minimum atomic E-state index is -0.220. The van der Waals surface area contributed by atoms with Crippen LogP contribution in [0.25, 0.3) is 0 Å². The van der Waals surface area contributed by atoms with E-state index in [4.69, 9.17) is 0 Å². The molecule has 3 aromatic heterocycles. The van der Waals surface area contributed by atoms with Gasteiger partial charge in [-0.2, -0.15) is 11.3 Å². The van der Waals surface area contributed by atoms with Crippen molar-refractivity contribution in [2.24, 2.45) is 0 Å². The lowest BCUT2D eigenvalue weighted by Crippen LogP contribution is -2.36. The third-order valence-electron chi connectivity index (χ3n) is 4.82. The number of carbonyl (C=O) groups is 1. The fourth-order valence-electron chi connectivity index (χ4n) is 3.21. The summed E-state index contributed by atoms with van der Waals surface area (Å²) in [5.74, 6) is -0.220. The van der Waals surface area contributed by atoms with Crippen molar-refractivity contribution in [3.05, 3.63) is 86.2 Å². The molecule has 6 heteroatoms. The van der Waals surface area contributed by atoms with E-state index in [-0.39, 0.29) is 23.1 Å². The van der Waals surface area contributed by atoms with Gasteiger partial charge in [0.15, 0.2) is 0 Å². The molecule has 0 unspecified atom stereocenters. The molecule has 3 heterocycles. The average Bonchev–Trinajstić information content (AvgIpc) is 3.38. The molecule has 27 heavy (non-hydrogen) atoms. The molecule has 0 bridgehead atoms. The molecule has 5 nitrogen and oxygen atoms in total. The number of rotatable bonds is 6. The lowest BCUT2D eigenvalue weighted by molar-refractivity contribution is 0.0726. The van der Waals surface area contributed by atoms with E-state index in [1.54, 1.807) is 33.2 Å². The van der Waals surface area contributed by atoms with Gasteiger partial charge < -0.3 is 9.47 Å². The Morgan fingerprint density at radius 1 is 1.26 bits per heavy atom. The van der Waals surface area contributed by atoms with E-state index in [0.29, 0.717) is 13.1 Å². The van der Waals surface area contributed by atoms with Crippen LogP contribution >= 0.6 is 11.3 Å². The molecule has 0 aliphatic heterocycles. The number of hydrogen-bond donors (Lipinski definition) is 0. The smallest absolute Gasteiger partial charge is 0.263 e. The van der Waals surface area contributed by atoms with E-state index >= 15 is 0 Å². The second-order valence-corrected chi connectivity index (χ2v) is 7.75. The molecule has 0 radical (unpaired) electrons. The maximum atomic E-state index is 13.4. The Hall–Kier alpha value is -2.73. The van der Waals surface area contributed by atoms with E-state index in [9.17, 15) is 9.59 Å². The van der Waals surface area contributed by atoms with Crippen LogP contribution in [0.2, 0.25) is 0 Å². The standard InChI is InChI=1S/C21H21N3O2S/c1-15-6-9-24(18-4-5-18)21(26)19(15)20(25)23(13-17-7-10-27-14-17)12-16-3-2-8-22-11-16/h2-3,6-11,14,18H,4-5,12-13H2,1H3. The molecule has 138 valence electrons. The predicted molar refractivity (Wildman–Crippen MR) is 106 cm³/mol. The van der Waals surface area contributed by atoms with E-state index in [1.807, 2.05) is 48.1 Å².